The molecule has 0 atom stereocenters. The molecule has 0 unspecified atom stereocenters. The van der Waals surface area contributed by atoms with Crippen LogP contribution in [0.15, 0.2) is 24.0 Å². The molecule has 0 heterocycles. The van der Waals surface area contributed by atoms with Gasteiger partial charge in [-0.15, -0.1) is 0 Å². The van der Waals surface area contributed by atoms with Gasteiger partial charge >= 0.3 is 36.4 Å². The minimum atomic E-state index is -6.63. The van der Waals surface area contributed by atoms with Crippen LogP contribution in [0.4, 0.5) is 61.5 Å². The largest absolute Gasteiger partial charge is 0.470 e. The Kier molecular flexibility index (Phi) is 9.78. The molecule has 0 rings (SSSR count). The summed E-state index contributed by atoms with van der Waals surface area (Å²) in [6.07, 6.45) is -29.0. The first kappa shape index (κ1) is 30.9. The highest BCUT2D eigenvalue weighted by Gasteiger charge is 2.76. The second-order valence-electron chi connectivity index (χ2n) is 6.19. The van der Waals surface area contributed by atoms with Gasteiger partial charge in [0.25, 0.3) is 0 Å². The van der Waals surface area contributed by atoms with Crippen molar-refractivity contribution in [3.8, 4) is 0 Å². The summed E-state index contributed by atoms with van der Waals surface area (Å²) in [5.74, 6) is -14.6. The smallest absolute Gasteiger partial charge is 0.460 e. The van der Waals surface area contributed by atoms with Gasteiger partial charge in [0.05, 0.1) is 0 Å². The normalized spacial score (nSPS) is 15.5. The highest BCUT2D eigenvalue weighted by Crippen LogP contribution is 2.48. The molecule has 0 aromatic carbocycles. The van der Waals surface area contributed by atoms with Crippen molar-refractivity contribution in [3.05, 3.63) is 24.0 Å². The van der Waals surface area contributed by atoms with Crippen LogP contribution in [0.1, 0.15) is 39.5 Å². The molecule has 0 bridgehead atoms. The quantitative estimate of drug-likeness (QED) is 0.216. The van der Waals surface area contributed by atoms with Gasteiger partial charge in [0.1, 0.15) is 24.0 Å². The second-order valence-corrected chi connectivity index (χ2v) is 6.19. The van der Waals surface area contributed by atoms with Gasteiger partial charge in [-0.05, 0) is 12.8 Å². The number of alkyl halides is 14. The number of ether oxygens (including phenoxy) is 3. The highest BCUT2D eigenvalue weighted by atomic mass is 19.4. The van der Waals surface area contributed by atoms with Crippen LogP contribution in [-0.4, -0.2) is 36.4 Å². The molecule has 0 spiro atoms. The molecule has 33 heavy (non-hydrogen) atoms. The van der Waals surface area contributed by atoms with Crippen molar-refractivity contribution in [1.29, 1.82) is 0 Å². The van der Waals surface area contributed by atoms with Crippen LogP contribution in [0, 0.1) is 0 Å². The summed E-state index contributed by atoms with van der Waals surface area (Å²) in [5.41, 5.74) is 0. The Hall–Kier alpha value is -2.10. The first-order chi connectivity index (χ1) is 14.6. The number of hydrogen-bond acceptors (Lipinski definition) is 3. The maximum absolute atomic E-state index is 13.5. The van der Waals surface area contributed by atoms with Crippen molar-refractivity contribution < 1.29 is 75.7 Å². The number of hydrogen-bond donors (Lipinski definition) is 0. The molecular weight excluding hydrogens is 506 g/mol. The highest BCUT2D eigenvalue weighted by molar-refractivity contribution is 5.01. The van der Waals surface area contributed by atoms with Crippen LogP contribution in [0.2, 0.25) is 0 Å². The van der Waals surface area contributed by atoms with E-state index in [1.165, 1.54) is 13.8 Å². The zero-order valence-electron chi connectivity index (χ0n) is 16.5. The summed E-state index contributed by atoms with van der Waals surface area (Å²) in [7, 11) is 0. The summed E-state index contributed by atoms with van der Waals surface area (Å²) >= 11 is 0. The van der Waals surface area contributed by atoms with Crippen LogP contribution in [-0.2, 0) is 14.2 Å². The average Bonchev–Trinajstić information content (AvgIpc) is 2.60. The van der Waals surface area contributed by atoms with E-state index < -0.39 is 73.3 Å². The van der Waals surface area contributed by atoms with Crippen LogP contribution in [0.5, 0.6) is 0 Å². The fraction of sp³-hybridized carbons (Fsp3) is 0.750. The predicted octanol–water partition coefficient (Wildman–Crippen LogP) is 7.90. The Balaban J connectivity index is 6.09. The fourth-order valence-corrected chi connectivity index (χ4v) is 1.81. The standard InChI is InChI=1S/C16H16F14O3/c1-3-5-9(7-31-11(17,13(19,20)21)14(22,23)24)33-10(6-4-2)8-32-12(18,15(25,26)27)16(28,29)30/h7-8H,3-6H2,1-2H3. The molecule has 0 saturated heterocycles. The molecule has 196 valence electrons. The summed E-state index contributed by atoms with van der Waals surface area (Å²) in [4.78, 5) is 0. The Bertz CT molecular complexity index is 599. The van der Waals surface area contributed by atoms with E-state index >= 15 is 0 Å². The van der Waals surface area contributed by atoms with Crippen molar-refractivity contribution in [2.45, 2.75) is 75.9 Å². The van der Waals surface area contributed by atoms with Crippen molar-refractivity contribution >= 4 is 0 Å². The molecule has 0 aliphatic heterocycles. The third-order valence-corrected chi connectivity index (χ3v) is 3.42. The third kappa shape index (κ3) is 7.45. The molecule has 0 aromatic heterocycles. The molecule has 0 N–H and O–H groups in total. The van der Waals surface area contributed by atoms with E-state index in [1.54, 1.807) is 0 Å². The molecule has 0 aromatic rings. The van der Waals surface area contributed by atoms with Crippen LogP contribution >= 0.6 is 0 Å². The number of allylic oxidation sites excluding steroid dienone is 2. The minimum Gasteiger partial charge on any atom is -0.460 e. The number of rotatable bonds is 10. The molecule has 0 aliphatic carbocycles. The van der Waals surface area contributed by atoms with Crippen molar-refractivity contribution in [2.75, 3.05) is 0 Å². The van der Waals surface area contributed by atoms with E-state index in [-0.39, 0.29) is 12.8 Å². The lowest BCUT2D eigenvalue weighted by Crippen LogP contribution is -2.54. The second kappa shape index (κ2) is 10.4. The topological polar surface area (TPSA) is 27.7 Å². The van der Waals surface area contributed by atoms with E-state index in [0.717, 1.165) is 0 Å². The molecular formula is C16H16F14O3. The zero-order valence-corrected chi connectivity index (χ0v) is 16.5. The summed E-state index contributed by atoms with van der Waals surface area (Å²) < 4.78 is 188. The maximum Gasteiger partial charge on any atom is 0.470 e. The average molecular weight is 522 g/mol. The lowest BCUT2D eigenvalue weighted by atomic mass is 10.2. The molecule has 17 heteroatoms. The van der Waals surface area contributed by atoms with Gasteiger partial charge in [0, 0.05) is 12.8 Å². The Morgan fingerprint density at radius 1 is 0.515 bits per heavy atom. The van der Waals surface area contributed by atoms with Crippen LogP contribution in [0.25, 0.3) is 0 Å². The van der Waals surface area contributed by atoms with E-state index in [4.69, 9.17) is 0 Å². The Labute approximate surface area is 176 Å². The van der Waals surface area contributed by atoms with E-state index in [0.29, 0.717) is 0 Å². The minimum absolute atomic E-state index is 0.134. The monoisotopic (exact) mass is 522 g/mol. The first-order valence-electron chi connectivity index (χ1n) is 8.63. The summed E-state index contributed by atoms with van der Waals surface area (Å²) in [6, 6.07) is 0. The van der Waals surface area contributed by atoms with Gasteiger partial charge < -0.3 is 14.2 Å². The Morgan fingerprint density at radius 2 is 0.758 bits per heavy atom. The van der Waals surface area contributed by atoms with Crippen molar-refractivity contribution in [1.82, 2.24) is 0 Å². The van der Waals surface area contributed by atoms with Gasteiger partial charge in [-0.3, -0.25) is 0 Å². The predicted molar refractivity (Wildman–Crippen MR) is 81.1 cm³/mol. The van der Waals surface area contributed by atoms with Crippen LogP contribution < -0.4 is 0 Å². The van der Waals surface area contributed by atoms with Gasteiger partial charge in [-0.25, -0.2) is 0 Å². The molecule has 0 aliphatic rings. The zero-order chi connectivity index (χ0) is 26.5. The summed E-state index contributed by atoms with van der Waals surface area (Å²) in [6.45, 7) is 2.54. The van der Waals surface area contributed by atoms with Gasteiger partial charge in [0.15, 0.2) is 0 Å². The van der Waals surface area contributed by atoms with Crippen molar-refractivity contribution in [2.24, 2.45) is 0 Å². The lowest BCUT2D eigenvalue weighted by molar-refractivity contribution is -0.417. The van der Waals surface area contributed by atoms with E-state index in [2.05, 4.69) is 14.2 Å². The Morgan fingerprint density at radius 3 is 0.939 bits per heavy atom. The van der Waals surface area contributed by atoms with Gasteiger partial charge in [-0.2, -0.15) is 61.5 Å². The summed E-state index contributed by atoms with van der Waals surface area (Å²) in [5, 5.41) is 0. The van der Waals surface area contributed by atoms with Gasteiger partial charge in [0.2, 0.25) is 0 Å². The SMILES string of the molecule is CCCC(=COC(F)(C(F)(F)F)C(F)(F)F)OC(=COC(F)(C(F)(F)F)C(F)(F)F)CCC. The molecule has 0 saturated carbocycles. The first-order valence-corrected chi connectivity index (χ1v) is 8.63. The molecule has 3 nitrogen and oxygen atoms in total. The lowest BCUT2D eigenvalue weighted by Gasteiger charge is -2.29. The third-order valence-electron chi connectivity index (χ3n) is 3.42. The number of halogens is 14. The van der Waals surface area contributed by atoms with Gasteiger partial charge in [-0.1, -0.05) is 13.8 Å². The van der Waals surface area contributed by atoms with Crippen LogP contribution in [0.3, 0.4) is 0 Å². The fourth-order valence-electron chi connectivity index (χ4n) is 1.81. The molecule has 0 amide bonds. The molecule has 0 fully saturated rings. The maximum atomic E-state index is 13.5. The molecule has 0 radical (unpaired) electrons. The van der Waals surface area contributed by atoms with E-state index in [9.17, 15) is 61.5 Å². The van der Waals surface area contributed by atoms with E-state index in [1.807, 2.05) is 0 Å². The van der Waals surface area contributed by atoms with Crippen molar-refractivity contribution in [3.63, 3.8) is 0 Å².